The molecular weight excluding hydrogens is 148 g/mol. The summed E-state index contributed by atoms with van der Waals surface area (Å²) < 4.78 is 5.10. The smallest absolute Gasteiger partial charge is 0.237 e. The van der Waals surface area contributed by atoms with Gasteiger partial charge in [0.15, 0.2) is 0 Å². The average Bonchev–Trinajstić information content (AvgIpc) is 2.48. The molecule has 0 amide bonds. The lowest BCUT2D eigenvalue weighted by Crippen LogP contribution is -2.15. The first-order valence-electron chi connectivity index (χ1n) is 3.60. The highest BCUT2D eigenvalue weighted by atomic mass is 35.5. The Morgan fingerprint density at radius 2 is 2.30 bits per heavy atom. The first-order valence-corrected chi connectivity index (χ1v) is 3.97. The molecule has 54 valence electrons. The topological polar surface area (TPSA) is 9.23 Å². The standard InChI is InChI=1S/C8H9ClO/c9-5-10-8-4-6-1-2-7(8)3-6/h1-2,6-8H,3-4H2/t6-,7+,8+/m1/s1. The molecule has 0 aromatic carbocycles. The van der Waals surface area contributed by atoms with Crippen LogP contribution in [0.5, 0.6) is 0 Å². The second-order valence-electron chi connectivity index (χ2n) is 3.01. The quantitative estimate of drug-likeness (QED) is 0.557. The van der Waals surface area contributed by atoms with Gasteiger partial charge in [-0.25, -0.2) is 0 Å². The minimum absolute atomic E-state index is 0.312. The van der Waals surface area contributed by atoms with Gasteiger partial charge in [-0.1, -0.05) is 23.8 Å². The zero-order valence-corrected chi connectivity index (χ0v) is 6.34. The van der Waals surface area contributed by atoms with E-state index < -0.39 is 0 Å². The molecule has 0 aliphatic heterocycles. The van der Waals surface area contributed by atoms with Crippen molar-refractivity contribution in [2.24, 2.45) is 11.8 Å². The lowest BCUT2D eigenvalue weighted by atomic mass is 10.1. The fraction of sp³-hybridized carbons (Fsp3) is 0.625. The Hall–Kier alpha value is -0.0100. The van der Waals surface area contributed by atoms with Crippen LogP contribution in [0.25, 0.3) is 0 Å². The Morgan fingerprint density at radius 1 is 1.40 bits per heavy atom. The highest BCUT2D eigenvalue weighted by Gasteiger charge is 2.36. The number of fused-ring (bicyclic) bond motifs is 2. The van der Waals surface area contributed by atoms with Gasteiger partial charge in [0.2, 0.25) is 6.07 Å². The van der Waals surface area contributed by atoms with E-state index in [2.05, 4.69) is 18.2 Å². The largest absolute Gasteiger partial charge is 0.348 e. The summed E-state index contributed by atoms with van der Waals surface area (Å²) in [5.41, 5.74) is 0. The van der Waals surface area contributed by atoms with Gasteiger partial charge in [-0.15, -0.1) is 0 Å². The molecule has 2 aliphatic rings. The molecule has 1 saturated carbocycles. The maximum absolute atomic E-state index is 5.22. The lowest BCUT2D eigenvalue weighted by molar-refractivity contribution is 0.105. The summed E-state index contributed by atoms with van der Waals surface area (Å²) in [6, 6.07) is 2.23. The molecule has 0 unspecified atom stereocenters. The summed E-state index contributed by atoms with van der Waals surface area (Å²) in [4.78, 5) is 0. The van der Waals surface area contributed by atoms with E-state index in [1.54, 1.807) is 0 Å². The second-order valence-corrected chi connectivity index (χ2v) is 3.17. The Balaban J connectivity index is 1.96. The highest BCUT2D eigenvalue weighted by molar-refractivity contribution is 6.22. The number of allylic oxidation sites excluding steroid dienone is 1. The van der Waals surface area contributed by atoms with Crippen molar-refractivity contribution in [3.05, 3.63) is 18.2 Å². The van der Waals surface area contributed by atoms with Gasteiger partial charge in [0.1, 0.15) is 0 Å². The Bertz CT molecular complexity index is 155. The molecule has 2 radical (unpaired) electrons. The predicted octanol–water partition coefficient (Wildman–Crippen LogP) is 2.20. The molecular formula is C8H9ClO. The minimum atomic E-state index is 0.312. The molecule has 0 N–H and O–H groups in total. The third-order valence-electron chi connectivity index (χ3n) is 2.41. The van der Waals surface area contributed by atoms with E-state index in [1.165, 1.54) is 6.42 Å². The normalized spacial score (nSPS) is 43.1. The van der Waals surface area contributed by atoms with Gasteiger partial charge in [-0.05, 0) is 18.8 Å². The van der Waals surface area contributed by atoms with Crippen molar-refractivity contribution in [1.29, 1.82) is 0 Å². The van der Waals surface area contributed by atoms with Gasteiger partial charge in [0, 0.05) is 5.92 Å². The number of ether oxygens (including phenoxy) is 1. The van der Waals surface area contributed by atoms with Gasteiger partial charge in [0.25, 0.3) is 0 Å². The number of rotatable bonds is 2. The highest BCUT2D eigenvalue weighted by Crippen LogP contribution is 2.40. The fourth-order valence-corrected chi connectivity index (χ4v) is 2.04. The van der Waals surface area contributed by atoms with Gasteiger partial charge in [-0.3, -0.25) is 0 Å². The van der Waals surface area contributed by atoms with E-state index in [4.69, 9.17) is 16.3 Å². The van der Waals surface area contributed by atoms with Crippen LogP contribution in [0.2, 0.25) is 0 Å². The molecule has 0 spiro atoms. The van der Waals surface area contributed by atoms with E-state index in [1.807, 2.05) is 0 Å². The molecule has 0 heterocycles. The van der Waals surface area contributed by atoms with Crippen LogP contribution in [0.15, 0.2) is 12.2 Å². The van der Waals surface area contributed by atoms with Gasteiger partial charge >= 0.3 is 0 Å². The monoisotopic (exact) mass is 156 g/mol. The zero-order valence-electron chi connectivity index (χ0n) is 5.59. The van der Waals surface area contributed by atoms with E-state index >= 15 is 0 Å². The van der Waals surface area contributed by atoms with Crippen molar-refractivity contribution in [2.45, 2.75) is 18.9 Å². The van der Waals surface area contributed by atoms with Crippen LogP contribution < -0.4 is 0 Å². The molecule has 2 aliphatic carbocycles. The van der Waals surface area contributed by atoms with Gasteiger partial charge < -0.3 is 4.74 Å². The Morgan fingerprint density at radius 3 is 2.80 bits per heavy atom. The minimum Gasteiger partial charge on any atom is -0.348 e. The third-order valence-corrected chi connectivity index (χ3v) is 2.50. The van der Waals surface area contributed by atoms with Crippen molar-refractivity contribution in [1.82, 2.24) is 0 Å². The molecule has 0 aromatic rings. The Labute approximate surface area is 66.0 Å². The fourth-order valence-electron chi connectivity index (χ4n) is 1.92. The van der Waals surface area contributed by atoms with Crippen LogP contribution in [0.3, 0.4) is 0 Å². The lowest BCUT2D eigenvalue weighted by Gasteiger charge is -2.15. The molecule has 2 heteroatoms. The maximum atomic E-state index is 5.22. The van der Waals surface area contributed by atoms with Crippen molar-refractivity contribution in [3.8, 4) is 0 Å². The zero-order chi connectivity index (χ0) is 6.97. The van der Waals surface area contributed by atoms with E-state index in [-0.39, 0.29) is 0 Å². The Kier molecular flexibility index (Phi) is 1.71. The van der Waals surface area contributed by atoms with Crippen LogP contribution in [0.4, 0.5) is 0 Å². The van der Waals surface area contributed by atoms with Crippen LogP contribution >= 0.6 is 11.6 Å². The molecule has 10 heavy (non-hydrogen) atoms. The molecule has 1 nitrogen and oxygen atoms in total. The molecule has 1 fully saturated rings. The molecule has 2 bridgehead atoms. The summed E-state index contributed by atoms with van der Waals surface area (Å²) in [7, 11) is 0. The molecule has 2 rings (SSSR count). The SMILES string of the molecule is Cl[C]O[C@H]1C[C@@H]2C=C[C@H]1C2. The van der Waals surface area contributed by atoms with Crippen molar-refractivity contribution >= 4 is 11.6 Å². The van der Waals surface area contributed by atoms with Gasteiger partial charge in [0.05, 0.1) is 6.10 Å². The van der Waals surface area contributed by atoms with Crippen LogP contribution in [-0.2, 0) is 4.74 Å². The summed E-state index contributed by atoms with van der Waals surface area (Å²) in [6.45, 7) is 0. The maximum Gasteiger partial charge on any atom is 0.237 e. The molecule has 3 atom stereocenters. The van der Waals surface area contributed by atoms with Crippen molar-refractivity contribution in [3.63, 3.8) is 0 Å². The van der Waals surface area contributed by atoms with E-state index in [0.717, 1.165) is 12.3 Å². The predicted molar refractivity (Wildman–Crippen MR) is 39.3 cm³/mol. The van der Waals surface area contributed by atoms with Crippen molar-refractivity contribution in [2.75, 3.05) is 0 Å². The van der Waals surface area contributed by atoms with Crippen LogP contribution in [0.1, 0.15) is 12.8 Å². The van der Waals surface area contributed by atoms with Crippen LogP contribution in [0, 0.1) is 17.9 Å². The average molecular weight is 157 g/mol. The summed E-state index contributed by atoms with van der Waals surface area (Å²) in [6.07, 6.45) is 7.20. The first-order chi connectivity index (χ1) is 4.90. The summed E-state index contributed by atoms with van der Waals surface area (Å²) in [5.74, 6) is 1.36. The van der Waals surface area contributed by atoms with E-state index in [9.17, 15) is 0 Å². The summed E-state index contributed by atoms with van der Waals surface area (Å²) in [5, 5.41) is 0. The number of halogens is 1. The van der Waals surface area contributed by atoms with Crippen LogP contribution in [-0.4, -0.2) is 6.10 Å². The summed E-state index contributed by atoms with van der Waals surface area (Å²) >= 11 is 5.22. The van der Waals surface area contributed by atoms with Crippen molar-refractivity contribution < 1.29 is 4.74 Å². The first kappa shape index (κ1) is 6.68. The second kappa shape index (κ2) is 2.55. The third kappa shape index (κ3) is 0.977. The van der Waals surface area contributed by atoms with E-state index in [0.29, 0.717) is 12.0 Å². The molecule has 0 saturated heterocycles. The number of hydrogen-bond donors (Lipinski definition) is 0. The number of hydrogen-bond acceptors (Lipinski definition) is 1. The molecule has 0 aromatic heterocycles. The van der Waals surface area contributed by atoms with Gasteiger partial charge in [-0.2, -0.15) is 0 Å².